The summed E-state index contributed by atoms with van der Waals surface area (Å²) in [6, 6.07) is 30.2. The van der Waals surface area contributed by atoms with Crippen LogP contribution in [-0.4, -0.2) is 58.5 Å². The molecule has 0 heterocycles. The predicted molar refractivity (Wildman–Crippen MR) is 179 cm³/mol. The van der Waals surface area contributed by atoms with Crippen LogP contribution in [0, 0.1) is 5.92 Å². The number of anilines is 1. The molecule has 0 saturated carbocycles. The fourth-order valence-corrected chi connectivity index (χ4v) is 6.36. The molecule has 0 aromatic heterocycles. The summed E-state index contributed by atoms with van der Waals surface area (Å²) in [5, 5.41) is 3.00. The van der Waals surface area contributed by atoms with E-state index in [1.807, 2.05) is 56.3 Å². The lowest BCUT2D eigenvalue weighted by atomic mass is 10.0. The molecule has 0 unspecified atom stereocenters. The molecule has 242 valence electrons. The van der Waals surface area contributed by atoms with Gasteiger partial charge in [0, 0.05) is 19.5 Å². The maximum Gasteiger partial charge on any atom is 0.264 e. The van der Waals surface area contributed by atoms with Gasteiger partial charge in [0.05, 0.1) is 24.8 Å². The normalized spacial score (nSPS) is 11.8. The van der Waals surface area contributed by atoms with Gasteiger partial charge in [-0.2, -0.15) is 0 Å². The van der Waals surface area contributed by atoms with E-state index in [4.69, 9.17) is 9.47 Å². The van der Waals surface area contributed by atoms with Crippen LogP contribution in [0.15, 0.2) is 114 Å². The van der Waals surface area contributed by atoms with Crippen LogP contribution in [0.4, 0.5) is 5.69 Å². The van der Waals surface area contributed by atoms with Gasteiger partial charge in [-0.05, 0) is 65.6 Å². The fraction of sp³-hybridized carbons (Fsp3) is 0.278. The van der Waals surface area contributed by atoms with Crippen molar-refractivity contribution in [3.8, 4) is 11.5 Å². The molecule has 46 heavy (non-hydrogen) atoms. The van der Waals surface area contributed by atoms with Crippen LogP contribution in [0.2, 0.25) is 0 Å². The highest BCUT2D eigenvalue weighted by Crippen LogP contribution is 2.26. The summed E-state index contributed by atoms with van der Waals surface area (Å²) >= 11 is 0. The van der Waals surface area contributed by atoms with E-state index in [1.165, 1.54) is 24.1 Å². The van der Waals surface area contributed by atoms with Crippen LogP contribution in [-0.2, 0) is 32.6 Å². The van der Waals surface area contributed by atoms with Gasteiger partial charge in [0.25, 0.3) is 10.0 Å². The molecular weight excluding hydrogens is 602 g/mol. The molecule has 1 N–H and O–H groups in total. The first-order chi connectivity index (χ1) is 22.1. The number of benzene rings is 4. The van der Waals surface area contributed by atoms with E-state index in [1.54, 1.807) is 61.7 Å². The standard InChI is InChI=1S/C36H41N3O6S/c1-27(2)24-37-36(41)34(23-28-12-7-5-8-13-28)38(25-29-14-11-17-32(22-29)45-4)35(40)26-39(30-15-9-6-10-16-30)46(42,43)33-20-18-31(44-3)19-21-33/h5-22,27,34H,23-26H2,1-4H3,(H,37,41)/t34-/m1/s1. The van der Waals surface area contributed by atoms with Gasteiger partial charge in [0.15, 0.2) is 0 Å². The first-order valence-electron chi connectivity index (χ1n) is 15.1. The Labute approximate surface area is 271 Å². The largest absolute Gasteiger partial charge is 0.497 e. The van der Waals surface area contributed by atoms with Crippen molar-refractivity contribution in [3.05, 3.63) is 120 Å². The predicted octanol–water partition coefficient (Wildman–Crippen LogP) is 5.31. The summed E-state index contributed by atoms with van der Waals surface area (Å²) in [5.74, 6) is 0.429. The smallest absolute Gasteiger partial charge is 0.264 e. The van der Waals surface area contributed by atoms with Crippen LogP contribution in [0.3, 0.4) is 0 Å². The summed E-state index contributed by atoms with van der Waals surface area (Å²) in [4.78, 5) is 29.9. The summed E-state index contributed by atoms with van der Waals surface area (Å²) in [5.41, 5.74) is 1.91. The van der Waals surface area contributed by atoms with Gasteiger partial charge < -0.3 is 19.7 Å². The molecule has 0 radical (unpaired) electrons. The highest BCUT2D eigenvalue weighted by Gasteiger charge is 2.34. The monoisotopic (exact) mass is 643 g/mol. The van der Waals surface area contributed by atoms with Crippen LogP contribution in [0.1, 0.15) is 25.0 Å². The van der Waals surface area contributed by atoms with Gasteiger partial charge in [-0.25, -0.2) is 8.42 Å². The third-order valence-electron chi connectivity index (χ3n) is 7.41. The number of carbonyl (C=O) groups is 2. The van der Waals surface area contributed by atoms with Crippen LogP contribution >= 0.6 is 0 Å². The van der Waals surface area contributed by atoms with E-state index in [0.717, 1.165) is 15.4 Å². The second-order valence-corrected chi connectivity index (χ2v) is 13.1. The Morgan fingerprint density at radius 3 is 1.98 bits per heavy atom. The zero-order chi connectivity index (χ0) is 33.1. The van der Waals surface area contributed by atoms with Crippen molar-refractivity contribution in [2.45, 2.75) is 37.8 Å². The zero-order valence-electron chi connectivity index (χ0n) is 26.6. The van der Waals surface area contributed by atoms with Crippen molar-refractivity contribution in [1.29, 1.82) is 0 Å². The Morgan fingerprint density at radius 1 is 0.761 bits per heavy atom. The Kier molecular flexibility index (Phi) is 11.8. The SMILES string of the molecule is COc1ccc(S(=O)(=O)N(CC(=O)N(Cc2cccc(OC)c2)[C@H](Cc2ccccc2)C(=O)NCC(C)C)c2ccccc2)cc1. The van der Waals surface area contributed by atoms with Gasteiger partial charge >= 0.3 is 0 Å². The maximum atomic E-state index is 14.5. The molecule has 0 fully saturated rings. The number of hydrogen-bond acceptors (Lipinski definition) is 6. The quantitative estimate of drug-likeness (QED) is 0.188. The Hall–Kier alpha value is -4.83. The van der Waals surface area contributed by atoms with Crippen molar-refractivity contribution < 1.29 is 27.5 Å². The average Bonchev–Trinajstić information content (AvgIpc) is 3.08. The molecule has 9 nitrogen and oxygen atoms in total. The van der Waals surface area contributed by atoms with Gasteiger partial charge in [-0.1, -0.05) is 74.5 Å². The maximum absolute atomic E-state index is 14.5. The molecule has 4 aromatic carbocycles. The lowest BCUT2D eigenvalue weighted by molar-refractivity contribution is -0.140. The molecule has 4 aromatic rings. The summed E-state index contributed by atoms with van der Waals surface area (Å²) < 4.78 is 40.0. The fourth-order valence-electron chi connectivity index (χ4n) is 4.94. The van der Waals surface area contributed by atoms with Crippen molar-refractivity contribution in [1.82, 2.24) is 10.2 Å². The topological polar surface area (TPSA) is 105 Å². The zero-order valence-corrected chi connectivity index (χ0v) is 27.4. The van der Waals surface area contributed by atoms with Crippen molar-refractivity contribution >= 4 is 27.5 Å². The number of amides is 2. The number of para-hydroxylation sites is 1. The lowest BCUT2D eigenvalue weighted by Gasteiger charge is -2.34. The molecular formula is C36H41N3O6S. The molecule has 0 spiro atoms. The third-order valence-corrected chi connectivity index (χ3v) is 9.20. The van der Waals surface area contributed by atoms with Gasteiger partial charge in [0.2, 0.25) is 11.8 Å². The second-order valence-electron chi connectivity index (χ2n) is 11.2. The van der Waals surface area contributed by atoms with Crippen molar-refractivity contribution in [2.24, 2.45) is 5.92 Å². The van der Waals surface area contributed by atoms with Gasteiger partial charge in [0.1, 0.15) is 24.1 Å². The Balaban J connectivity index is 1.79. The third kappa shape index (κ3) is 8.88. The lowest BCUT2D eigenvalue weighted by Crippen LogP contribution is -2.53. The molecule has 10 heteroatoms. The van der Waals surface area contributed by atoms with Gasteiger partial charge in [-0.3, -0.25) is 13.9 Å². The first kappa shape index (κ1) is 34.1. The molecule has 0 aliphatic carbocycles. The number of nitrogens with one attached hydrogen (secondary N) is 1. The summed E-state index contributed by atoms with van der Waals surface area (Å²) in [7, 11) is -1.15. The first-order valence-corrected chi connectivity index (χ1v) is 16.5. The number of sulfonamides is 1. The number of carbonyl (C=O) groups excluding carboxylic acids is 2. The number of nitrogens with zero attached hydrogens (tertiary/aromatic N) is 2. The average molecular weight is 644 g/mol. The van der Waals surface area contributed by atoms with E-state index in [2.05, 4.69) is 5.32 Å². The minimum atomic E-state index is -4.21. The molecule has 0 aliphatic heterocycles. The van der Waals surface area contributed by atoms with E-state index in [9.17, 15) is 18.0 Å². The molecule has 1 atom stereocenters. The van der Waals surface area contributed by atoms with Crippen LogP contribution in [0.5, 0.6) is 11.5 Å². The van der Waals surface area contributed by atoms with E-state index in [0.29, 0.717) is 23.7 Å². The number of methoxy groups -OCH3 is 2. The highest BCUT2D eigenvalue weighted by atomic mass is 32.2. The minimum absolute atomic E-state index is 0.000175. The Bertz CT molecular complexity index is 1680. The van der Waals surface area contributed by atoms with Crippen molar-refractivity contribution in [3.63, 3.8) is 0 Å². The second kappa shape index (κ2) is 15.9. The molecule has 2 amide bonds. The molecule has 4 rings (SSSR count). The highest BCUT2D eigenvalue weighted by molar-refractivity contribution is 7.92. The number of hydrogen-bond donors (Lipinski definition) is 1. The van der Waals surface area contributed by atoms with E-state index < -0.39 is 28.5 Å². The number of ether oxygens (including phenoxy) is 2. The molecule has 0 saturated heterocycles. The molecule has 0 aliphatic rings. The summed E-state index contributed by atoms with van der Waals surface area (Å²) in [6.07, 6.45) is 0.233. The minimum Gasteiger partial charge on any atom is -0.497 e. The van der Waals surface area contributed by atoms with Gasteiger partial charge in [-0.15, -0.1) is 0 Å². The summed E-state index contributed by atoms with van der Waals surface area (Å²) in [6.45, 7) is 3.92. The van der Waals surface area contributed by atoms with Crippen molar-refractivity contribution in [2.75, 3.05) is 31.6 Å². The van der Waals surface area contributed by atoms with Crippen LogP contribution in [0.25, 0.3) is 0 Å². The molecule has 0 bridgehead atoms. The number of rotatable bonds is 15. The van der Waals surface area contributed by atoms with E-state index >= 15 is 0 Å². The Morgan fingerprint density at radius 2 is 1.37 bits per heavy atom. The van der Waals surface area contributed by atoms with E-state index in [-0.39, 0.29) is 29.7 Å². The van der Waals surface area contributed by atoms with Crippen LogP contribution < -0.4 is 19.1 Å².